The topological polar surface area (TPSA) is 20.2 Å². The Hall–Kier alpha value is -0.300. The van der Waals surface area contributed by atoms with Gasteiger partial charge in [-0.3, -0.25) is 0 Å². The second-order valence-electron chi connectivity index (χ2n) is 5.66. The quantitative estimate of drug-likeness (QED) is 0.587. The highest BCUT2D eigenvalue weighted by Gasteiger charge is 2.56. The van der Waals surface area contributed by atoms with Gasteiger partial charge < -0.3 is 5.11 Å². The van der Waals surface area contributed by atoms with E-state index in [-0.39, 0.29) is 11.5 Å². The SMILES string of the molecule is CC1=C(C)C2(C)CC(O)CCCC12C. The second kappa shape index (κ2) is 2.85. The van der Waals surface area contributed by atoms with Crippen molar-refractivity contribution >= 4 is 0 Å². The summed E-state index contributed by atoms with van der Waals surface area (Å²) in [5, 5.41) is 9.87. The third-order valence-corrected chi connectivity index (χ3v) is 5.29. The second-order valence-corrected chi connectivity index (χ2v) is 5.66. The molecule has 1 nitrogen and oxygen atoms in total. The zero-order chi connectivity index (χ0) is 10.6. The van der Waals surface area contributed by atoms with Gasteiger partial charge in [-0.15, -0.1) is 0 Å². The van der Waals surface area contributed by atoms with Crippen molar-refractivity contribution in [2.75, 3.05) is 0 Å². The van der Waals surface area contributed by atoms with Crippen LogP contribution in [-0.2, 0) is 0 Å². The first kappa shape index (κ1) is 10.2. The molecule has 14 heavy (non-hydrogen) atoms. The van der Waals surface area contributed by atoms with Crippen LogP contribution >= 0.6 is 0 Å². The highest BCUT2D eigenvalue weighted by atomic mass is 16.3. The van der Waals surface area contributed by atoms with Crippen LogP contribution in [0.3, 0.4) is 0 Å². The number of hydrogen-bond donors (Lipinski definition) is 1. The van der Waals surface area contributed by atoms with Crippen LogP contribution in [0.4, 0.5) is 0 Å². The minimum absolute atomic E-state index is 0.0788. The molecule has 0 aliphatic heterocycles. The molecule has 2 rings (SSSR count). The average Bonchev–Trinajstić information content (AvgIpc) is 2.23. The summed E-state index contributed by atoms with van der Waals surface area (Å²) in [6.07, 6.45) is 4.31. The molecule has 2 aliphatic carbocycles. The van der Waals surface area contributed by atoms with Gasteiger partial charge in [0.1, 0.15) is 0 Å². The summed E-state index contributed by atoms with van der Waals surface area (Å²) in [4.78, 5) is 0. The Morgan fingerprint density at radius 3 is 2.36 bits per heavy atom. The molecule has 0 spiro atoms. The molecule has 0 aromatic carbocycles. The number of rotatable bonds is 0. The van der Waals surface area contributed by atoms with Crippen LogP contribution in [0.5, 0.6) is 0 Å². The van der Waals surface area contributed by atoms with Crippen molar-refractivity contribution in [1.29, 1.82) is 0 Å². The van der Waals surface area contributed by atoms with E-state index in [4.69, 9.17) is 0 Å². The van der Waals surface area contributed by atoms with E-state index in [0.717, 1.165) is 12.8 Å². The van der Waals surface area contributed by atoms with Gasteiger partial charge in [-0.2, -0.15) is 0 Å². The van der Waals surface area contributed by atoms with Crippen molar-refractivity contribution in [3.8, 4) is 0 Å². The molecule has 1 saturated carbocycles. The summed E-state index contributed by atoms with van der Waals surface area (Å²) in [6.45, 7) is 9.24. The third kappa shape index (κ3) is 0.995. The molecule has 3 atom stereocenters. The van der Waals surface area contributed by atoms with E-state index >= 15 is 0 Å². The maximum atomic E-state index is 9.87. The van der Waals surface area contributed by atoms with Gasteiger partial charge in [-0.05, 0) is 50.4 Å². The molecule has 1 N–H and O–H groups in total. The van der Waals surface area contributed by atoms with Gasteiger partial charge in [0.05, 0.1) is 6.10 Å². The molecule has 0 radical (unpaired) electrons. The summed E-state index contributed by atoms with van der Waals surface area (Å²) >= 11 is 0. The molecule has 0 aromatic heterocycles. The Bertz CT molecular complexity index is 292. The maximum absolute atomic E-state index is 9.87. The fourth-order valence-corrected chi connectivity index (χ4v) is 3.70. The number of hydrogen-bond acceptors (Lipinski definition) is 1. The summed E-state index contributed by atoms with van der Waals surface area (Å²) < 4.78 is 0. The summed E-state index contributed by atoms with van der Waals surface area (Å²) in [7, 11) is 0. The smallest absolute Gasteiger partial charge is 0.0548 e. The van der Waals surface area contributed by atoms with E-state index < -0.39 is 0 Å². The van der Waals surface area contributed by atoms with Crippen molar-refractivity contribution in [3.63, 3.8) is 0 Å². The highest BCUT2D eigenvalue weighted by Crippen LogP contribution is 2.65. The molecule has 0 aromatic rings. The van der Waals surface area contributed by atoms with E-state index in [2.05, 4.69) is 27.7 Å². The van der Waals surface area contributed by atoms with Gasteiger partial charge in [-0.1, -0.05) is 25.0 Å². The van der Waals surface area contributed by atoms with Gasteiger partial charge in [0, 0.05) is 0 Å². The maximum Gasteiger partial charge on any atom is 0.0548 e. The van der Waals surface area contributed by atoms with Crippen LogP contribution in [0.2, 0.25) is 0 Å². The third-order valence-electron chi connectivity index (χ3n) is 5.29. The molecule has 1 fully saturated rings. The Balaban J connectivity index is 2.39. The van der Waals surface area contributed by atoms with Crippen molar-refractivity contribution in [1.82, 2.24) is 0 Å². The summed E-state index contributed by atoms with van der Waals surface area (Å²) in [5.74, 6) is 0. The van der Waals surface area contributed by atoms with Gasteiger partial charge in [0.15, 0.2) is 0 Å². The predicted molar refractivity (Wildman–Crippen MR) is 59.1 cm³/mol. The van der Waals surface area contributed by atoms with Crippen LogP contribution in [0.1, 0.15) is 53.4 Å². The molecular weight excluding hydrogens is 172 g/mol. The zero-order valence-electron chi connectivity index (χ0n) is 9.85. The van der Waals surface area contributed by atoms with Crippen molar-refractivity contribution in [2.24, 2.45) is 10.8 Å². The number of fused-ring (bicyclic) bond motifs is 1. The average molecular weight is 194 g/mol. The van der Waals surface area contributed by atoms with E-state index in [1.807, 2.05) is 0 Å². The fourth-order valence-electron chi connectivity index (χ4n) is 3.70. The van der Waals surface area contributed by atoms with Gasteiger partial charge >= 0.3 is 0 Å². The van der Waals surface area contributed by atoms with Gasteiger partial charge in [0.25, 0.3) is 0 Å². The van der Waals surface area contributed by atoms with Crippen molar-refractivity contribution < 1.29 is 5.11 Å². The lowest BCUT2D eigenvalue weighted by Crippen LogP contribution is -2.49. The first-order chi connectivity index (χ1) is 6.42. The largest absolute Gasteiger partial charge is 0.393 e. The monoisotopic (exact) mass is 194 g/mol. The highest BCUT2D eigenvalue weighted by molar-refractivity contribution is 5.40. The summed E-state index contributed by atoms with van der Waals surface area (Å²) in [5.41, 5.74) is 3.75. The van der Waals surface area contributed by atoms with E-state index in [0.29, 0.717) is 5.41 Å². The van der Waals surface area contributed by atoms with E-state index in [9.17, 15) is 5.11 Å². The molecule has 0 heterocycles. The number of allylic oxidation sites excluding steroid dienone is 2. The first-order valence-corrected chi connectivity index (χ1v) is 5.78. The standard InChI is InChI=1S/C13H22O/c1-9-10(2)13(4)8-11(14)6-5-7-12(9,13)3/h11,14H,5-8H2,1-4H3. The minimum Gasteiger partial charge on any atom is -0.393 e. The normalized spacial score (nSPS) is 48.2. The Labute approximate surface area is 87.2 Å². The molecule has 0 amide bonds. The summed E-state index contributed by atoms with van der Waals surface area (Å²) in [6, 6.07) is 0. The molecule has 0 saturated heterocycles. The molecule has 2 aliphatic rings. The van der Waals surface area contributed by atoms with Crippen LogP contribution in [0.25, 0.3) is 0 Å². The van der Waals surface area contributed by atoms with Crippen LogP contribution < -0.4 is 0 Å². The number of aliphatic hydroxyl groups excluding tert-OH is 1. The molecule has 80 valence electrons. The Kier molecular flexibility index (Phi) is 2.08. The Morgan fingerprint density at radius 2 is 1.71 bits per heavy atom. The lowest BCUT2D eigenvalue weighted by Gasteiger charge is -2.58. The van der Waals surface area contributed by atoms with Crippen LogP contribution in [-0.4, -0.2) is 11.2 Å². The lowest BCUT2D eigenvalue weighted by molar-refractivity contribution is 0.0452. The van der Waals surface area contributed by atoms with Gasteiger partial charge in [-0.25, -0.2) is 0 Å². The molecule has 1 heteroatoms. The number of aliphatic hydroxyl groups is 1. The van der Waals surface area contributed by atoms with Crippen molar-refractivity contribution in [3.05, 3.63) is 11.1 Å². The zero-order valence-corrected chi connectivity index (χ0v) is 9.85. The molecule has 0 bridgehead atoms. The predicted octanol–water partition coefficient (Wildman–Crippen LogP) is 3.28. The minimum atomic E-state index is -0.0788. The molecule has 3 unspecified atom stereocenters. The van der Waals surface area contributed by atoms with Gasteiger partial charge in [0.2, 0.25) is 0 Å². The fraction of sp³-hybridized carbons (Fsp3) is 0.846. The Morgan fingerprint density at radius 1 is 1.14 bits per heavy atom. The van der Waals surface area contributed by atoms with E-state index in [1.165, 1.54) is 18.4 Å². The van der Waals surface area contributed by atoms with E-state index in [1.54, 1.807) is 5.57 Å². The first-order valence-electron chi connectivity index (χ1n) is 5.78. The van der Waals surface area contributed by atoms with Crippen molar-refractivity contribution in [2.45, 2.75) is 59.5 Å². The lowest BCUT2D eigenvalue weighted by atomic mass is 9.46. The van der Waals surface area contributed by atoms with Crippen LogP contribution in [0.15, 0.2) is 11.1 Å². The van der Waals surface area contributed by atoms with Crippen LogP contribution in [0, 0.1) is 10.8 Å². The molecular formula is C13H22O.